The minimum absolute atomic E-state index is 0.164. The number of nitrogens with two attached hydrogens (primary N) is 1. The van der Waals surface area contributed by atoms with E-state index in [9.17, 15) is 4.79 Å². The average Bonchev–Trinajstić information content (AvgIpc) is 2.41. The third-order valence-electron chi connectivity index (χ3n) is 4.31. The fourth-order valence-electron chi connectivity index (χ4n) is 3.10. The molecule has 3 N–H and O–H groups in total. The van der Waals surface area contributed by atoms with Gasteiger partial charge in [0.15, 0.2) is 0 Å². The molecule has 1 rings (SSSR count). The van der Waals surface area contributed by atoms with Gasteiger partial charge in [0.2, 0.25) is 5.91 Å². The van der Waals surface area contributed by atoms with Crippen LogP contribution in [0.25, 0.3) is 0 Å². The zero-order chi connectivity index (χ0) is 14.1. The largest absolute Gasteiger partial charge is 0.356 e. The van der Waals surface area contributed by atoms with Crippen LogP contribution in [0.2, 0.25) is 0 Å². The van der Waals surface area contributed by atoms with Crippen molar-refractivity contribution in [2.45, 2.75) is 77.7 Å². The maximum Gasteiger partial charge on any atom is 0.223 e. The lowest BCUT2D eigenvalue weighted by Crippen LogP contribution is -2.39. The van der Waals surface area contributed by atoms with Gasteiger partial charge in [-0.05, 0) is 38.0 Å². The standard InChI is InChI=1S/C16H32N2O/c1-3-5-8-13(7-4-2)12-18-16(19)14-9-6-10-15(17)11-14/h13-15H,3-12,17H2,1-2H3,(H,18,19). The summed E-state index contributed by atoms with van der Waals surface area (Å²) >= 11 is 0. The van der Waals surface area contributed by atoms with Crippen LogP contribution in [-0.4, -0.2) is 18.5 Å². The van der Waals surface area contributed by atoms with Gasteiger partial charge in [0.05, 0.1) is 0 Å². The molecular weight excluding hydrogens is 236 g/mol. The summed E-state index contributed by atoms with van der Waals surface area (Å²) in [6, 6.07) is 0.232. The molecule has 112 valence electrons. The van der Waals surface area contributed by atoms with E-state index in [0.29, 0.717) is 5.92 Å². The van der Waals surface area contributed by atoms with Gasteiger partial charge in [0.25, 0.3) is 0 Å². The highest BCUT2D eigenvalue weighted by Crippen LogP contribution is 2.23. The van der Waals surface area contributed by atoms with Gasteiger partial charge in [-0.15, -0.1) is 0 Å². The lowest BCUT2D eigenvalue weighted by atomic mass is 9.85. The number of unbranched alkanes of at least 4 members (excludes halogenated alkanes) is 1. The molecule has 3 unspecified atom stereocenters. The molecule has 1 saturated carbocycles. The van der Waals surface area contributed by atoms with Gasteiger partial charge < -0.3 is 11.1 Å². The first kappa shape index (κ1) is 16.5. The number of hydrogen-bond donors (Lipinski definition) is 2. The van der Waals surface area contributed by atoms with E-state index in [1.165, 1.54) is 32.1 Å². The molecule has 3 heteroatoms. The summed E-state index contributed by atoms with van der Waals surface area (Å²) < 4.78 is 0. The Morgan fingerprint density at radius 3 is 2.68 bits per heavy atom. The molecule has 0 saturated heterocycles. The van der Waals surface area contributed by atoms with E-state index < -0.39 is 0 Å². The van der Waals surface area contributed by atoms with Gasteiger partial charge >= 0.3 is 0 Å². The van der Waals surface area contributed by atoms with Gasteiger partial charge in [-0.2, -0.15) is 0 Å². The molecule has 1 amide bonds. The Morgan fingerprint density at radius 2 is 2.05 bits per heavy atom. The smallest absolute Gasteiger partial charge is 0.223 e. The highest BCUT2D eigenvalue weighted by Gasteiger charge is 2.25. The van der Waals surface area contributed by atoms with E-state index in [2.05, 4.69) is 19.2 Å². The van der Waals surface area contributed by atoms with Gasteiger partial charge in [-0.3, -0.25) is 4.79 Å². The van der Waals surface area contributed by atoms with Crippen LogP contribution in [0.15, 0.2) is 0 Å². The minimum atomic E-state index is 0.164. The molecular formula is C16H32N2O. The lowest BCUT2D eigenvalue weighted by molar-refractivity contribution is -0.126. The first-order chi connectivity index (χ1) is 9.17. The average molecular weight is 268 g/mol. The zero-order valence-electron chi connectivity index (χ0n) is 12.8. The maximum atomic E-state index is 12.2. The van der Waals surface area contributed by atoms with Crippen molar-refractivity contribution in [3.63, 3.8) is 0 Å². The molecule has 1 aliphatic rings. The van der Waals surface area contributed by atoms with Crippen LogP contribution >= 0.6 is 0 Å². The summed E-state index contributed by atoms with van der Waals surface area (Å²) in [6.45, 7) is 5.31. The van der Waals surface area contributed by atoms with E-state index in [1.54, 1.807) is 0 Å². The number of carbonyl (C=O) groups excluding carboxylic acids is 1. The Morgan fingerprint density at radius 1 is 1.26 bits per heavy atom. The SMILES string of the molecule is CCCCC(CCC)CNC(=O)C1CCCC(N)C1. The Balaban J connectivity index is 2.29. The second-order valence-electron chi connectivity index (χ2n) is 6.17. The third kappa shape index (κ3) is 6.42. The molecule has 0 heterocycles. The summed E-state index contributed by atoms with van der Waals surface area (Å²) in [7, 11) is 0. The molecule has 0 radical (unpaired) electrons. The van der Waals surface area contributed by atoms with Crippen LogP contribution in [0, 0.1) is 11.8 Å². The molecule has 0 aromatic heterocycles. The zero-order valence-corrected chi connectivity index (χ0v) is 12.8. The van der Waals surface area contributed by atoms with E-state index in [0.717, 1.165) is 32.2 Å². The van der Waals surface area contributed by atoms with Crippen LogP contribution in [0.1, 0.15) is 71.6 Å². The van der Waals surface area contributed by atoms with E-state index in [-0.39, 0.29) is 17.9 Å². The Labute approximate surface area is 118 Å². The third-order valence-corrected chi connectivity index (χ3v) is 4.31. The molecule has 1 aliphatic carbocycles. The van der Waals surface area contributed by atoms with Crippen molar-refractivity contribution in [3.8, 4) is 0 Å². The van der Waals surface area contributed by atoms with E-state index in [1.807, 2.05) is 0 Å². The molecule has 0 aromatic carbocycles. The summed E-state index contributed by atoms with van der Waals surface area (Å²) in [5.41, 5.74) is 5.95. The number of carbonyl (C=O) groups is 1. The number of nitrogens with one attached hydrogen (secondary N) is 1. The normalized spacial score (nSPS) is 25.0. The van der Waals surface area contributed by atoms with Crippen LogP contribution < -0.4 is 11.1 Å². The molecule has 3 nitrogen and oxygen atoms in total. The van der Waals surface area contributed by atoms with Crippen molar-refractivity contribution in [2.75, 3.05) is 6.54 Å². The van der Waals surface area contributed by atoms with Crippen molar-refractivity contribution in [1.29, 1.82) is 0 Å². The predicted octanol–water partition coefficient (Wildman–Crippen LogP) is 3.23. The van der Waals surface area contributed by atoms with E-state index >= 15 is 0 Å². The van der Waals surface area contributed by atoms with Crippen molar-refractivity contribution in [3.05, 3.63) is 0 Å². The monoisotopic (exact) mass is 268 g/mol. The maximum absolute atomic E-state index is 12.2. The quantitative estimate of drug-likeness (QED) is 0.710. The first-order valence-corrected chi connectivity index (χ1v) is 8.20. The Kier molecular flexibility index (Phi) is 8.11. The van der Waals surface area contributed by atoms with Crippen molar-refractivity contribution >= 4 is 5.91 Å². The molecule has 0 spiro atoms. The minimum Gasteiger partial charge on any atom is -0.356 e. The van der Waals surface area contributed by atoms with E-state index in [4.69, 9.17) is 5.73 Å². The highest BCUT2D eigenvalue weighted by molar-refractivity contribution is 5.78. The topological polar surface area (TPSA) is 55.1 Å². The lowest BCUT2D eigenvalue weighted by Gasteiger charge is -2.26. The molecule has 1 fully saturated rings. The van der Waals surface area contributed by atoms with Crippen molar-refractivity contribution < 1.29 is 4.79 Å². The fourth-order valence-corrected chi connectivity index (χ4v) is 3.10. The van der Waals surface area contributed by atoms with Crippen LogP contribution in [0.4, 0.5) is 0 Å². The summed E-state index contributed by atoms with van der Waals surface area (Å²) in [4.78, 5) is 12.2. The van der Waals surface area contributed by atoms with Gasteiger partial charge in [-0.1, -0.05) is 39.5 Å². The fraction of sp³-hybridized carbons (Fsp3) is 0.938. The predicted molar refractivity (Wildman–Crippen MR) is 80.9 cm³/mol. The van der Waals surface area contributed by atoms with Gasteiger partial charge in [0, 0.05) is 18.5 Å². The molecule has 0 bridgehead atoms. The second kappa shape index (κ2) is 9.35. The Bertz CT molecular complexity index is 255. The van der Waals surface area contributed by atoms with Crippen molar-refractivity contribution in [2.24, 2.45) is 17.6 Å². The number of amides is 1. The molecule has 19 heavy (non-hydrogen) atoms. The molecule has 0 aromatic rings. The summed E-state index contributed by atoms with van der Waals surface area (Å²) in [5.74, 6) is 1.07. The molecule has 3 atom stereocenters. The van der Waals surface area contributed by atoms with Gasteiger partial charge in [0.1, 0.15) is 0 Å². The Hall–Kier alpha value is -0.570. The summed E-state index contributed by atoms with van der Waals surface area (Å²) in [5, 5.41) is 3.17. The number of rotatable bonds is 8. The first-order valence-electron chi connectivity index (χ1n) is 8.20. The van der Waals surface area contributed by atoms with Crippen molar-refractivity contribution in [1.82, 2.24) is 5.32 Å². The number of hydrogen-bond acceptors (Lipinski definition) is 2. The highest BCUT2D eigenvalue weighted by atomic mass is 16.1. The van der Waals surface area contributed by atoms with Gasteiger partial charge in [-0.25, -0.2) is 0 Å². The van der Waals surface area contributed by atoms with Crippen LogP contribution in [0.5, 0.6) is 0 Å². The van der Waals surface area contributed by atoms with Crippen LogP contribution in [0.3, 0.4) is 0 Å². The second-order valence-corrected chi connectivity index (χ2v) is 6.17. The molecule has 0 aliphatic heterocycles. The van der Waals surface area contributed by atoms with Crippen LogP contribution in [-0.2, 0) is 4.79 Å². The summed E-state index contributed by atoms with van der Waals surface area (Å²) in [6.07, 6.45) is 10.3.